The van der Waals surface area contributed by atoms with Crippen LogP contribution in [-0.4, -0.2) is 96.7 Å². The molecule has 0 aliphatic heterocycles. The first-order valence-corrected chi connectivity index (χ1v) is 42.4. The van der Waals surface area contributed by atoms with Crippen LogP contribution in [-0.2, 0) is 65.4 Å². The summed E-state index contributed by atoms with van der Waals surface area (Å²) in [5, 5.41) is 10.6. The van der Waals surface area contributed by atoms with Gasteiger partial charge in [-0.05, 0) is 63.2 Å². The van der Waals surface area contributed by atoms with Crippen molar-refractivity contribution < 1.29 is 80.2 Å². The third-order valence-electron chi connectivity index (χ3n) is 18.1. The average Bonchev–Trinajstić information content (AvgIpc) is 1.20. The molecule has 0 amide bonds. The maximum Gasteiger partial charge on any atom is 0.472 e. The van der Waals surface area contributed by atoms with Crippen molar-refractivity contribution in [2.75, 3.05) is 39.6 Å². The van der Waals surface area contributed by atoms with Gasteiger partial charge in [-0.2, -0.15) is 0 Å². The summed E-state index contributed by atoms with van der Waals surface area (Å²) in [6.45, 7) is 9.52. The maximum absolute atomic E-state index is 13.1. The molecule has 19 heteroatoms. The van der Waals surface area contributed by atoms with E-state index < -0.39 is 97.5 Å². The van der Waals surface area contributed by atoms with Crippen molar-refractivity contribution in [3.63, 3.8) is 0 Å². The normalized spacial score (nSPS) is 14.7. The van der Waals surface area contributed by atoms with Crippen LogP contribution in [0.25, 0.3) is 0 Å². The molecule has 0 heterocycles. The Bertz CT molecular complexity index is 1950. The number of unbranched alkanes of at least 4 members (excludes halogenated alkanes) is 39. The topological polar surface area (TPSA) is 237 Å². The summed E-state index contributed by atoms with van der Waals surface area (Å²) >= 11 is 0. The third-order valence-corrected chi connectivity index (χ3v) is 20.0. The molecule has 96 heavy (non-hydrogen) atoms. The van der Waals surface area contributed by atoms with E-state index in [0.717, 1.165) is 127 Å². The summed E-state index contributed by atoms with van der Waals surface area (Å²) in [4.78, 5) is 72.8. The monoisotopic (exact) mass is 1410 g/mol. The van der Waals surface area contributed by atoms with E-state index in [4.69, 9.17) is 37.0 Å². The number of esters is 4. The average molecular weight is 1410 g/mol. The second-order valence-corrected chi connectivity index (χ2v) is 30.5. The number of aliphatic hydroxyl groups is 1. The molecule has 0 fully saturated rings. The Morgan fingerprint density at radius 1 is 0.333 bits per heavy atom. The molecule has 7 atom stereocenters. The van der Waals surface area contributed by atoms with Crippen molar-refractivity contribution in [2.24, 2.45) is 11.8 Å². The number of hydrogen-bond donors (Lipinski definition) is 3. The number of hydrogen-bond acceptors (Lipinski definition) is 15. The minimum atomic E-state index is -4.97. The molecule has 0 bridgehead atoms. The molecular weight excluding hydrogens is 1260 g/mol. The van der Waals surface area contributed by atoms with E-state index in [1.54, 1.807) is 0 Å². The molecule has 0 spiro atoms. The Kier molecular flexibility index (Phi) is 66.6. The number of carbonyl (C=O) groups is 4. The second-order valence-electron chi connectivity index (χ2n) is 27.5. The van der Waals surface area contributed by atoms with Crippen LogP contribution in [0, 0.1) is 11.8 Å². The predicted octanol–water partition coefficient (Wildman–Crippen LogP) is 22.3. The van der Waals surface area contributed by atoms with Gasteiger partial charge in [0.25, 0.3) is 0 Å². The summed E-state index contributed by atoms with van der Waals surface area (Å²) in [7, 11) is -9.93. The molecule has 0 aliphatic rings. The molecule has 0 aliphatic carbocycles. The Balaban J connectivity index is 5.29. The highest BCUT2D eigenvalue weighted by atomic mass is 31.2. The van der Waals surface area contributed by atoms with Gasteiger partial charge in [-0.1, -0.05) is 323 Å². The lowest BCUT2D eigenvalue weighted by molar-refractivity contribution is -0.161. The molecule has 566 valence electrons. The number of carbonyl (C=O) groups excluding carboxylic acids is 4. The highest BCUT2D eigenvalue weighted by Crippen LogP contribution is 2.45. The molecule has 0 aromatic heterocycles. The Morgan fingerprint density at radius 2 is 0.583 bits per heavy atom. The molecular formula is C77H146O17P2. The van der Waals surface area contributed by atoms with Gasteiger partial charge in [0, 0.05) is 25.7 Å². The maximum atomic E-state index is 13.1. The standard InChI is InChI=1S/C77H146O17P2/c1-7-11-13-15-17-19-21-23-25-26-28-30-32-37-41-49-55-61-76(81)93-72(65-87-74(79)59-53-47-40-36-31-29-27-24-22-20-18-16-14-12-8-2)67-91-95(83,84)89-63-71(78)64-90-96(85,86)92-68-73(66-88-75(80)60-54-48-44-43-46-52-58-70(6)10-4)94-77(82)62-56-50-42-38-34-33-35-39-45-51-57-69(5)9-3/h20,22,24,27,69-73,78H,7-19,21,23,25-26,28-68H2,1-6H3,(H,83,84)(H,85,86)/b22-20-,27-24-/t69?,70?,71-,72-,73-/m1/s1. The van der Waals surface area contributed by atoms with Gasteiger partial charge in [0.2, 0.25) is 0 Å². The van der Waals surface area contributed by atoms with E-state index in [2.05, 4.69) is 65.8 Å². The van der Waals surface area contributed by atoms with Crippen LogP contribution in [0.1, 0.15) is 375 Å². The number of aliphatic hydroxyl groups excluding tert-OH is 1. The first-order valence-electron chi connectivity index (χ1n) is 39.4. The lowest BCUT2D eigenvalue weighted by atomic mass is 9.99. The SMILES string of the molecule is CCCCCC/C=C\C=C/CCCCCCCC(=O)OC[C@H](COP(=O)(O)OC[C@@H](O)COP(=O)(O)OC[C@@H](COC(=O)CCCCCCCCC(C)CC)OC(=O)CCCCCCCCCCCCC(C)CC)OC(=O)CCCCCCCCCCCCCCCCCCC. The summed E-state index contributed by atoms with van der Waals surface area (Å²) in [6, 6.07) is 0. The summed E-state index contributed by atoms with van der Waals surface area (Å²) in [6.07, 6.45) is 59.0. The molecule has 0 saturated carbocycles. The van der Waals surface area contributed by atoms with E-state index in [-0.39, 0.29) is 25.7 Å². The number of allylic oxidation sites excluding steroid dienone is 4. The first kappa shape index (κ1) is 93.5. The van der Waals surface area contributed by atoms with Crippen LogP contribution in [0.2, 0.25) is 0 Å². The third kappa shape index (κ3) is 67.4. The van der Waals surface area contributed by atoms with Gasteiger partial charge in [0.1, 0.15) is 19.3 Å². The van der Waals surface area contributed by atoms with E-state index >= 15 is 0 Å². The fraction of sp³-hybridized carbons (Fsp3) is 0.896. The number of phosphoric acid groups is 2. The largest absolute Gasteiger partial charge is 0.472 e. The van der Waals surface area contributed by atoms with E-state index in [0.29, 0.717) is 25.7 Å². The first-order chi connectivity index (χ1) is 46.4. The summed E-state index contributed by atoms with van der Waals surface area (Å²) < 4.78 is 68.5. The van der Waals surface area contributed by atoms with Crippen molar-refractivity contribution in [3.8, 4) is 0 Å². The van der Waals surface area contributed by atoms with Crippen molar-refractivity contribution >= 4 is 39.5 Å². The number of phosphoric ester groups is 2. The van der Waals surface area contributed by atoms with Crippen LogP contribution in [0.4, 0.5) is 0 Å². The van der Waals surface area contributed by atoms with Gasteiger partial charge in [0.05, 0.1) is 26.4 Å². The smallest absolute Gasteiger partial charge is 0.462 e. The lowest BCUT2D eigenvalue weighted by Gasteiger charge is -2.21. The Hall–Kier alpha value is -2.46. The van der Waals surface area contributed by atoms with Crippen molar-refractivity contribution in [2.45, 2.75) is 394 Å². The highest BCUT2D eigenvalue weighted by molar-refractivity contribution is 7.47. The van der Waals surface area contributed by atoms with Gasteiger partial charge in [-0.15, -0.1) is 0 Å². The molecule has 0 aromatic rings. The lowest BCUT2D eigenvalue weighted by Crippen LogP contribution is -2.30. The minimum Gasteiger partial charge on any atom is -0.462 e. The van der Waals surface area contributed by atoms with Crippen LogP contribution in [0.3, 0.4) is 0 Å². The molecule has 4 unspecified atom stereocenters. The summed E-state index contributed by atoms with van der Waals surface area (Å²) in [5.74, 6) is -0.615. The molecule has 0 aromatic carbocycles. The fourth-order valence-electron chi connectivity index (χ4n) is 11.2. The minimum absolute atomic E-state index is 0.101. The van der Waals surface area contributed by atoms with Crippen LogP contribution in [0.5, 0.6) is 0 Å². The molecule has 0 rings (SSSR count). The molecule has 0 saturated heterocycles. The zero-order chi connectivity index (χ0) is 70.7. The second kappa shape index (κ2) is 68.3. The van der Waals surface area contributed by atoms with E-state index in [9.17, 15) is 43.2 Å². The van der Waals surface area contributed by atoms with Gasteiger partial charge < -0.3 is 33.8 Å². The quantitative estimate of drug-likeness (QED) is 0.0169. The Labute approximate surface area is 586 Å². The molecule has 17 nitrogen and oxygen atoms in total. The Morgan fingerprint density at radius 3 is 0.885 bits per heavy atom. The zero-order valence-electron chi connectivity index (χ0n) is 62.2. The molecule has 3 N–H and O–H groups in total. The van der Waals surface area contributed by atoms with Gasteiger partial charge >= 0.3 is 39.5 Å². The van der Waals surface area contributed by atoms with Gasteiger partial charge in [0.15, 0.2) is 12.2 Å². The molecule has 0 radical (unpaired) electrons. The van der Waals surface area contributed by atoms with E-state index in [1.165, 1.54) is 167 Å². The number of ether oxygens (including phenoxy) is 4. The predicted molar refractivity (Wildman–Crippen MR) is 391 cm³/mol. The van der Waals surface area contributed by atoms with Gasteiger partial charge in [-0.3, -0.25) is 37.3 Å². The van der Waals surface area contributed by atoms with Crippen molar-refractivity contribution in [3.05, 3.63) is 24.3 Å². The van der Waals surface area contributed by atoms with Crippen LogP contribution < -0.4 is 0 Å². The van der Waals surface area contributed by atoms with Crippen LogP contribution in [0.15, 0.2) is 24.3 Å². The van der Waals surface area contributed by atoms with Gasteiger partial charge in [-0.25, -0.2) is 9.13 Å². The number of rotatable bonds is 74. The highest BCUT2D eigenvalue weighted by Gasteiger charge is 2.30. The van der Waals surface area contributed by atoms with Crippen molar-refractivity contribution in [1.82, 2.24) is 0 Å². The van der Waals surface area contributed by atoms with E-state index in [1.807, 2.05) is 0 Å². The summed E-state index contributed by atoms with van der Waals surface area (Å²) in [5.41, 5.74) is 0. The fourth-order valence-corrected chi connectivity index (χ4v) is 12.8. The van der Waals surface area contributed by atoms with Crippen LogP contribution >= 0.6 is 15.6 Å². The zero-order valence-corrected chi connectivity index (χ0v) is 63.9. The van der Waals surface area contributed by atoms with Crippen molar-refractivity contribution in [1.29, 1.82) is 0 Å².